The number of ether oxygens (including phenoxy) is 2. The molecule has 1 unspecified atom stereocenters. The lowest BCUT2D eigenvalue weighted by molar-refractivity contribution is -0.0120. The zero-order chi connectivity index (χ0) is 13.7. The van der Waals surface area contributed by atoms with Gasteiger partial charge in [0.2, 0.25) is 0 Å². The number of hydrogen-bond acceptors (Lipinski definition) is 4. The van der Waals surface area contributed by atoms with Crippen LogP contribution in [0.4, 0.5) is 0 Å². The monoisotopic (exact) mass is 267 g/mol. The molecule has 0 spiro atoms. The highest BCUT2D eigenvalue weighted by atomic mass is 16.5. The molecular formula is C15H25NO3. The van der Waals surface area contributed by atoms with Gasteiger partial charge in [-0.2, -0.15) is 0 Å². The molecule has 1 aromatic rings. The highest BCUT2D eigenvalue weighted by Crippen LogP contribution is 2.21. The van der Waals surface area contributed by atoms with Crippen LogP contribution in [-0.2, 0) is 22.6 Å². The topological polar surface area (TPSA) is 43.6 Å². The maximum Gasteiger partial charge on any atom is 0.118 e. The van der Waals surface area contributed by atoms with Crippen LogP contribution in [0, 0.1) is 6.92 Å². The zero-order valence-corrected chi connectivity index (χ0v) is 12.2. The molecule has 1 aliphatic rings. The summed E-state index contributed by atoms with van der Waals surface area (Å²) in [5, 5.41) is 3.45. The summed E-state index contributed by atoms with van der Waals surface area (Å²) >= 11 is 0. The molecule has 0 radical (unpaired) electrons. The van der Waals surface area contributed by atoms with Gasteiger partial charge in [-0.15, -0.1) is 0 Å². The van der Waals surface area contributed by atoms with Gasteiger partial charge in [0.05, 0.1) is 25.9 Å². The molecule has 0 bridgehead atoms. The lowest BCUT2D eigenvalue weighted by atomic mass is 10.2. The van der Waals surface area contributed by atoms with Gasteiger partial charge in [-0.05, 0) is 39.7 Å². The average Bonchev–Trinajstić information content (AvgIpc) is 3.16. The molecule has 1 heterocycles. The Labute approximate surface area is 115 Å². The highest BCUT2D eigenvalue weighted by Gasteiger charge is 2.21. The third kappa shape index (κ3) is 4.97. The minimum Gasteiger partial charge on any atom is -0.465 e. The molecule has 0 amide bonds. The van der Waals surface area contributed by atoms with E-state index in [9.17, 15) is 0 Å². The fourth-order valence-corrected chi connectivity index (χ4v) is 1.91. The molecular weight excluding hydrogens is 242 g/mol. The van der Waals surface area contributed by atoms with Crippen molar-refractivity contribution in [3.63, 3.8) is 0 Å². The highest BCUT2D eigenvalue weighted by molar-refractivity contribution is 5.20. The first-order valence-electron chi connectivity index (χ1n) is 7.20. The Kier molecular flexibility index (Phi) is 5.43. The predicted molar refractivity (Wildman–Crippen MR) is 74.1 cm³/mol. The normalized spacial score (nSPS) is 16.8. The second-order valence-corrected chi connectivity index (χ2v) is 5.23. The van der Waals surface area contributed by atoms with Gasteiger partial charge >= 0.3 is 0 Å². The van der Waals surface area contributed by atoms with Crippen LogP contribution < -0.4 is 5.32 Å². The molecule has 4 nitrogen and oxygen atoms in total. The van der Waals surface area contributed by atoms with Gasteiger partial charge in [0.25, 0.3) is 0 Å². The van der Waals surface area contributed by atoms with Crippen molar-refractivity contribution in [3.8, 4) is 0 Å². The largest absolute Gasteiger partial charge is 0.465 e. The van der Waals surface area contributed by atoms with Gasteiger partial charge in [0.1, 0.15) is 11.5 Å². The molecule has 108 valence electrons. The van der Waals surface area contributed by atoms with Crippen molar-refractivity contribution in [1.29, 1.82) is 0 Å². The van der Waals surface area contributed by atoms with Crippen LogP contribution >= 0.6 is 0 Å². The van der Waals surface area contributed by atoms with E-state index in [0.717, 1.165) is 30.2 Å². The molecule has 0 aliphatic heterocycles. The third-order valence-electron chi connectivity index (χ3n) is 3.29. The lowest BCUT2D eigenvalue weighted by Crippen LogP contribution is -2.16. The van der Waals surface area contributed by atoms with Crippen molar-refractivity contribution in [2.24, 2.45) is 0 Å². The van der Waals surface area contributed by atoms with Crippen LogP contribution in [0.2, 0.25) is 0 Å². The van der Waals surface area contributed by atoms with Crippen LogP contribution in [0.15, 0.2) is 10.5 Å². The van der Waals surface area contributed by atoms with E-state index >= 15 is 0 Å². The standard InChI is InChI=1S/C15H25NO3/c1-4-17-9-11(2)18-10-13-7-15(19-12(13)3)8-16-14-5-6-14/h7,11,14,16H,4-6,8-10H2,1-3H3. The van der Waals surface area contributed by atoms with Crippen molar-refractivity contribution >= 4 is 0 Å². The first-order chi connectivity index (χ1) is 9.19. The number of furan rings is 1. The summed E-state index contributed by atoms with van der Waals surface area (Å²) in [6.45, 7) is 8.80. The minimum absolute atomic E-state index is 0.113. The first-order valence-corrected chi connectivity index (χ1v) is 7.20. The summed E-state index contributed by atoms with van der Waals surface area (Å²) < 4.78 is 16.8. The Balaban J connectivity index is 1.75. The van der Waals surface area contributed by atoms with E-state index in [1.807, 2.05) is 20.8 Å². The quantitative estimate of drug-likeness (QED) is 0.747. The van der Waals surface area contributed by atoms with Crippen LogP contribution in [0.5, 0.6) is 0 Å². The van der Waals surface area contributed by atoms with Gasteiger partial charge < -0.3 is 19.2 Å². The number of aryl methyl sites for hydroxylation is 1. The zero-order valence-electron chi connectivity index (χ0n) is 12.2. The maximum atomic E-state index is 5.76. The van der Waals surface area contributed by atoms with Gasteiger partial charge in [-0.25, -0.2) is 0 Å². The summed E-state index contributed by atoms with van der Waals surface area (Å²) in [6.07, 6.45) is 2.71. The lowest BCUT2D eigenvalue weighted by Gasteiger charge is -2.12. The molecule has 1 aliphatic carbocycles. The van der Waals surface area contributed by atoms with Gasteiger partial charge in [0, 0.05) is 18.2 Å². The van der Waals surface area contributed by atoms with E-state index in [1.165, 1.54) is 12.8 Å². The second-order valence-electron chi connectivity index (χ2n) is 5.23. The molecule has 1 N–H and O–H groups in total. The molecule has 0 aromatic carbocycles. The smallest absolute Gasteiger partial charge is 0.118 e. The van der Waals surface area contributed by atoms with Gasteiger partial charge in [-0.1, -0.05) is 0 Å². The molecule has 19 heavy (non-hydrogen) atoms. The molecule has 1 atom stereocenters. The summed E-state index contributed by atoms with van der Waals surface area (Å²) in [5.74, 6) is 1.96. The van der Waals surface area contributed by atoms with E-state index < -0.39 is 0 Å². The number of nitrogens with one attached hydrogen (secondary N) is 1. The molecule has 1 fully saturated rings. The Hall–Kier alpha value is -0.840. The molecule has 0 saturated heterocycles. The molecule has 1 saturated carbocycles. The predicted octanol–water partition coefficient (Wildman–Crippen LogP) is 2.78. The van der Waals surface area contributed by atoms with E-state index in [4.69, 9.17) is 13.9 Å². The Morgan fingerprint density at radius 3 is 2.95 bits per heavy atom. The van der Waals surface area contributed by atoms with Crippen molar-refractivity contribution in [1.82, 2.24) is 5.32 Å². The van der Waals surface area contributed by atoms with Crippen molar-refractivity contribution in [2.45, 2.75) is 58.9 Å². The van der Waals surface area contributed by atoms with Crippen LogP contribution in [-0.4, -0.2) is 25.4 Å². The summed E-state index contributed by atoms with van der Waals surface area (Å²) in [6, 6.07) is 2.80. The van der Waals surface area contributed by atoms with Gasteiger partial charge in [0.15, 0.2) is 0 Å². The van der Waals surface area contributed by atoms with Gasteiger partial charge in [-0.3, -0.25) is 0 Å². The maximum absolute atomic E-state index is 5.76. The van der Waals surface area contributed by atoms with E-state index in [2.05, 4.69) is 11.4 Å². The summed E-state index contributed by atoms with van der Waals surface area (Å²) in [4.78, 5) is 0. The van der Waals surface area contributed by atoms with Crippen LogP contribution in [0.1, 0.15) is 43.8 Å². The van der Waals surface area contributed by atoms with Crippen molar-refractivity contribution < 1.29 is 13.9 Å². The summed E-state index contributed by atoms with van der Waals surface area (Å²) in [5.41, 5.74) is 1.14. The van der Waals surface area contributed by atoms with Crippen molar-refractivity contribution in [3.05, 3.63) is 23.2 Å². The van der Waals surface area contributed by atoms with E-state index in [0.29, 0.717) is 19.3 Å². The molecule has 4 heteroatoms. The fourth-order valence-electron chi connectivity index (χ4n) is 1.91. The van der Waals surface area contributed by atoms with E-state index in [1.54, 1.807) is 0 Å². The summed E-state index contributed by atoms with van der Waals surface area (Å²) in [7, 11) is 0. The minimum atomic E-state index is 0.113. The Bertz CT molecular complexity index is 385. The SMILES string of the molecule is CCOCC(C)OCc1cc(CNC2CC2)oc1C. The molecule has 1 aromatic heterocycles. The Morgan fingerprint density at radius 1 is 1.47 bits per heavy atom. The number of rotatable bonds is 9. The first kappa shape index (κ1) is 14.6. The fraction of sp³-hybridized carbons (Fsp3) is 0.733. The van der Waals surface area contributed by atoms with E-state index in [-0.39, 0.29) is 6.10 Å². The second kappa shape index (κ2) is 7.08. The average molecular weight is 267 g/mol. The van der Waals surface area contributed by atoms with Crippen LogP contribution in [0.3, 0.4) is 0 Å². The number of hydrogen-bond donors (Lipinski definition) is 1. The Morgan fingerprint density at radius 2 is 2.26 bits per heavy atom. The van der Waals surface area contributed by atoms with Crippen LogP contribution in [0.25, 0.3) is 0 Å². The van der Waals surface area contributed by atoms with Crippen molar-refractivity contribution in [2.75, 3.05) is 13.2 Å². The third-order valence-corrected chi connectivity index (χ3v) is 3.29. The molecule has 2 rings (SSSR count).